The Labute approximate surface area is 344 Å². The summed E-state index contributed by atoms with van der Waals surface area (Å²) in [4.78, 5) is 7.28. The topological polar surface area (TPSA) is 6.48 Å². The first-order valence-electron chi connectivity index (χ1n) is 20.0. The van der Waals surface area contributed by atoms with E-state index in [2.05, 4.69) is 230 Å². The second-order valence-electron chi connectivity index (χ2n) is 15.8. The molecule has 0 aromatic heterocycles. The van der Waals surface area contributed by atoms with Gasteiger partial charge in [-0.1, -0.05) is 147 Å². The maximum absolute atomic E-state index is 2.46. The smallest absolute Gasteiger partial charge is 0.0473 e. The highest BCUT2D eigenvalue weighted by molar-refractivity contribution is 7.99. The molecule has 0 atom stereocenters. The van der Waals surface area contributed by atoms with Gasteiger partial charge >= 0.3 is 0 Å². The first kappa shape index (κ1) is 34.4. The number of fused-ring (bicyclic) bond motifs is 5. The van der Waals surface area contributed by atoms with E-state index < -0.39 is 0 Å². The molecule has 0 saturated carbocycles. The van der Waals surface area contributed by atoms with E-state index in [9.17, 15) is 0 Å². The summed E-state index contributed by atoms with van der Waals surface area (Å²) < 4.78 is 0. The molecule has 9 aromatic rings. The lowest BCUT2D eigenvalue weighted by Gasteiger charge is -2.28. The molecular weight excluding hydrogens is 721 g/mol. The Morgan fingerprint density at radius 2 is 0.810 bits per heavy atom. The SMILES string of the molecule is CC1(C)c2cc(-c3ccc4c5c(cccc35)Sc3cc(N(c5ccccc5)c5ccccc5)ccc3-4)ccc2-c2ccc(N(c3ccccc3)c3ccccc3)cc21. The predicted molar refractivity (Wildman–Crippen MR) is 246 cm³/mol. The fourth-order valence-corrected chi connectivity index (χ4v) is 10.4. The van der Waals surface area contributed by atoms with Gasteiger partial charge in [-0.2, -0.15) is 0 Å². The van der Waals surface area contributed by atoms with Crippen molar-refractivity contribution in [2.45, 2.75) is 29.1 Å². The van der Waals surface area contributed by atoms with Crippen molar-refractivity contribution in [1.82, 2.24) is 0 Å². The van der Waals surface area contributed by atoms with Gasteiger partial charge in [0.1, 0.15) is 0 Å². The van der Waals surface area contributed by atoms with E-state index in [-0.39, 0.29) is 5.41 Å². The van der Waals surface area contributed by atoms with Gasteiger partial charge < -0.3 is 9.80 Å². The van der Waals surface area contributed by atoms with Gasteiger partial charge in [0.2, 0.25) is 0 Å². The highest BCUT2D eigenvalue weighted by Crippen LogP contribution is 2.54. The van der Waals surface area contributed by atoms with Crippen LogP contribution in [0.4, 0.5) is 34.1 Å². The Kier molecular flexibility index (Phi) is 8.13. The summed E-state index contributed by atoms with van der Waals surface area (Å²) in [6, 6.07) is 75.3. The molecule has 276 valence electrons. The lowest BCUT2D eigenvalue weighted by molar-refractivity contribution is 0.660. The first-order chi connectivity index (χ1) is 28.5. The summed E-state index contributed by atoms with van der Waals surface area (Å²) >= 11 is 1.88. The zero-order valence-corrected chi connectivity index (χ0v) is 33.2. The van der Waals surface area contributed by atoms with Crippen LogP contribution in [-0.2, 0) is 5.41 Å². The van der Waals surface area contributed by atoms with E-state index in [1.165, 1.54) is 70.8 Å². The van der Waals surface area contributed by atoms with Crippen molar-refractivity contribution in [3.05, 3.63) is 217 Å². The van der Waals surface area contributed by atoms with Gasteiger partial charge in [0.05, 0.1) is 0 Å². The Hall–Kier alpha value is -6.81. The summed E-state index contributed by atoms with van der Waals surface area (Å²) in [5.41, 5.74) is 17.2. The third-order valence-corrected chi connectivity index (χ3v) is 13.1. The van der Waals surface area contributed by atoms with Crippen molar-refractivity contribution in [1.29, 1.82) is 0 Å². The van der Waals surface area contributed by atoms with Gasteiger partial charge in [0.15, 0.2) is 0 Å². The lowest BCUT2D eigenvalue weighted by Crippen LogP contribution is -2.16. The quantitative estimate of drug-likeness (QED) is 0.160. The maximum Gasteiger partial charge on any atom is 0.0473 e. The van der Waals surface area contributed by atoms with Crippen LogP contribution < -0.4 is 9.80 Å². The normalized spacial score (nSPS) is 13.1. The summed E-state index contributed by atoms with van der Waals surface area (Å²) in [5.74, 6) is 0. The average molecular weight is 761 g/mol. The van der Waals surface area contributed by atoms with Crippen LogP contribution >= 0.6 is 11.8 Å². The minimum absolute atomic E-state index is 0.179. The van der Waals surface area contributed by atoms with Crippen molar-refractivity contribution in [2.24, 2.45) is 0 Å². The maximum atomic E-state index is 2.46. The van der Waals surface area contributed by atoms with Crippen LogP contribution in [0, 0.1) is 0 Å². The van der Waals surface area contributed by atoms with E-state index in [0.717, 1.165) is 28.4 Å². The minimum Gasteiger partial charge on any atom is -0.310 e. The summed E-state index contributed by atoms with van der Waals surface area (Å²) in [5, 5.41) is 2.63. The molecule has 0 bridgehead atoms. The number of nitrogens with zero attached hydrogens (tertiary/aromatic N) is 2. The molecule has 0 amide bonds. The molecular formula is C55H40N2S. The third kappa shape index (κ3) is 5.57. The number of rotatable bonds is 7. The van der Waals surface area contributed by atoms with Gasteiger partial charge in [-0.25, -0.2) is 0 Å². The standard InChI is InChI=1S/C55H40N2S/c1-55(2)50-34-37(26-29-45(50)46-30-27-42(35-51(46)55)56(38-16-7-3-8-17-38)39-18-9-4-10-19-39)44-32-33-49-47-31-28-43(36-53(47)58-52-25-15-24-48(44)54(49)52)57(40-20-11-5-12-21-40)41-22-13-6-14-23-41/h3-36H,1-2H3. The lowest BCUT2D eigenvalue weighted by atomic mass is 9.81. The predicted octanol–water partition coefficient (Wildman–Crippen LogP) is 15.9. The molecule has 0 fully saturated rings. The van der Waals surface area contributed by atoms with Crippen molar-refractivity contribution in [2.75, 3.05) is 9.80 Å². The highest BCUT2D eigenvalue weighted by Gasteiger charge is 2.36. The number of hydrogen-bond donors (Lipinski definition) is 0. The molecule has 0 radical (unpaired) electrons. The summed E-state index contributed by atoms with van der Waals surface area (Å²) in [7, 11) is 0. The molecule has 0 N–H and O–H groups in total. The molecule has 3 heteroatoms. The van der Waals surface area contributed by atoms with Crippen LogP contribution in [0.15, 0.2) is 216 Å². The Balaban J connectivity index is 0.973. The Morgan fingerprint density at radius 3 is 1.38 bits per heavy atom. The van der Waals surface area contributed by atoms with Crippen molar-refractivity contribution < 1.29 is 0 Å². The fourth-order valence-electron chi connectivity index (χ4n) is 9.24. The number of benzene rings is 9. The number of anilines is 6. The van der Waals surface area contributed by atoms with E-state index in [1.54, 1.807) is 0 Å². The van der Waals surface area contributed by atoms with Crippen LogP contribution in [-0.4, -0.2) is 0 Å². The van der Waals surface area contributed by atoms with Gasteiger partial charge in [0, 0.05) is 54.7 Å². The second-order valence-corrected chi connectivity index (χ2v) is 16.8. The molecule has 0 saturated heterocycles. The van der Waals surface area contributed by atoms with Gasteiger partial charge in [-0.3, -0.25) is 0 Å². The van der Waals surface area contributed by atoms with E-state index in [1.807, 2.05) is 11.8 Å². The van der Waals surface area contributed by atoms with Crippen LogP contribution in [0.2, 0.25) is 0 Å². The molecule has 58 heavy (non-hydrogen) atoms. The molecule has 0 spiro atoms. The minimum atomic E-state index is -0.179. The highest BCUT2D eigenvalue weighted by atomic mass is 32.2. The fraction of sp³-hybridized carbons (Fsp3) is 0.0545. The van der Waals surface area contributed by atoms with Crippen molar-refractivity contribution in [3.8, 4) is 33.4 Å². The van der Waals surface area contributed by atoms with Crippen LogP contribution in [0.3, 0.4) is 0 Å². The molecule has 0 unspecified atom stereocenters. The molecule has 1 aliphatic carbocycles. The van der Waals surface area contributed by atoms with E-state index in [4.69, 9.17) is 0 Å². The molecule has 11 rings (SSSR count). The van der Waals surface area contributed by atoms with Crippen LogP contribution in [0.1, 0.15) is 25.0 Å². The second kappa shape index (κ2) is 13.7. The van der Waals surface area contributed by atoms with Gasteiger partial charge in [-0.05, 0) is 135 Å². The van der Waals surface area contributed by atoms with Gasteiger partial charge in [0.25, 0.3) is 0 Å². The molecule has 2 nitrogen and oxygen atoms in total. The summed E-state index contributed by atoms with van der Waals surface area (Å²) in [6.45, 7) is 4.77. The zero-order chi connectivity index (χ0) is 38.8. The van der Waals surface area contributed by atoms with E-state index in [0.29, 0.717) is 0 Å². The Bertz CT molecular complexity index is 2920. The number of hydrogen-bond acceptors (Lipinski definition) is 3. The monoisotopic (exact) mass is 760 g/mol. The molecule has 1 aliphatic heterocycles. The number of para-hydroxylation sites is 4. The largest absolute Gasteiger partial charge is 0.310 e. The molecule has 2 aliphatic rings. The summed E-state index contributed by atoms with van der Waals surface area (Å²) in [6.07, 6.45) is 0. The van der Waals surface area contributed by atoms with Crippen LogP contribution in [0.25, 0.3) is 44.2 Å². The van der Waals surface area contributed by atoms with Gasteiger partial charge in [-0.15, -0.1) is 0 Å². The first-order valence-corrected chi connectivity index (χ1v) is 20.8. The molecule has 9 aromatic carbocycles. The van der Waals surface area contributed by atoms with Crippen molar-refractivity contribution in [3.63, 3.8) is 0 Å². The van der Waals surface area contributed by atoms with Crippen molar-refractivity contribution >= 4 is 56.7 Å². The van der Waals surface area contributed by atoms with Crippen LogP contribution in [0.5, 0.6) is 0 Å². The zero-order valence-electron chi connectivity index (χ0n) is 32.4. The molecule has 1 heterocycles. The third-order valence-electron chi connectivity index (χ3n) is 12.0. The average Bonchev–Trinajstić information content (AvgIpc) is 3.50. The Morgan fingerprint density at radius 1 is 0.345 bits per heavy atom. The van der Waals surface area contributed by atoms with E-state index >= 15 is 0 Å².